The third kappa shape index (κ3) is 46.7. The molecule has 6 nitrogen and oxygen atoms in total. The van der Waals surface area contributed by atoms with Crippen LogP contribution < -0.4 is 12.4 Å². The minimum atomic E-state index is 0. The zero-order valence-corrected chi connectivity index (χ0v) is 12.8. The summed E-state index contributed by atoms with van der Waals surface area (Å²) >= 11 is 4.83. The predicted octanol–water partition coefficient (Wildman–Crippen LogP) is -2.22. The third-order valence-corrected chi connectivity index (χ3v) is 1.34. The van der Waals surface area contributed by atoms with Crippen molar-refractivity contribution in [3.63, 3.8) is 0 Å². The average Bonchev–Trinajstić information content (AvgIpc) is 2.30. The number of rotatable bonds is 3. The van der Waals surface area contributed by atoms with E-state index in [1.54, 1.807) is 33.1 Å². The lowest BCUT2D eigenvalue weighted by Gasteiger charge is -2.22. The van der Waals surface area contributed by atoms with Crippen LogP contribution in [0.5, 0.6) is 0 Å². The fourth-order valence-corrected chi connectivity index (χ4v) is 0.241. The number of halogens is 2. The topological polar surface area (TPSA) is 71.9 Å². The molecular formula is C11H26Cl2N4O2. The van der Waals surface area contributed by atoms with Gasteiger partial charge in [0.05, 0.1) is 20.8 Å². The smallest absolute Gasteiger partial charge is 0.288 e. The minimum Gasteiger partial charge on any atom is -1.00 e. The molecule has 0 aromatic heterocycles. The maximum Gasteiger partial charge on any atom is 0.288 e. The summed E-state index contributed by atoms with van der Waals surface area (Å²) in [5.41, 5.74) is 0. The van der Waals surface area contributed by atoms with Crippen LogP contribution in [-0.2, 0) is 0 Å². The molecule has 0 aliphatic heterocycles. The first-order valence-electron chi connectivity index (χ1n) is 4.75. The van der Waals surface area contributed by atoms with Gasteiger partial charge < -0.3 is 22.6 Å². The Hall–Kier alpha value is -0.600. The molecule has 0 aromatic carbocycles. The molecule has 0 heterocycles. The molecule has 116 valence electrons. The first-order chi connectivity index (χ1) is 7.81. The van der Waals surface area contributed by atoms with E-state index in [4.69, 9.17) is 33.6 Å². The van der Waals surface area contributed by atoms with E-state index in [0.717, 1.165) is 0 Å². The van der Waals surface area contributed by atoms with Crippen LogP contribution in [0, 0.1) is 17.9 Å². The number of aliphatic hydroxyl groups is 2. The molecule has 0 rings (SSSR count). The molecule has 0 unspecified atom stereocenters. The van der Waals surface area contributed by atoms with Gasteiger partial charge in [0.2, 0.25) is 0 Å². The van der Waals surface area contributed by atoms with Crippen LogP contribution in [0.25, 0.3) is 4.85 Å². The van der Waals surface area contributed by atoms with Crippen molar-refractivity contribution < 1.29 is 27.1 Å². The number of aliphatic hydroxyl groups excluding tert-OH is 2. The Kier molecular flexibility index (Phi) is 36.9. The van der Waals surface area contributed by atoms with Crippen LogP contribution in [0.3, 0.4) is 0 Å². The molecule has 0 spiro atoms. The number of hydrogen-bond acceptors (Lipinski definition) is 4. The quantitative estimate of drug-likeness (QED) is 0.154. The summed E-state index contributed by atoms with van der Waals surface area (Å²) in [7, 11) is 7.20. The van der Waals surface area contributed by atoms with Crippen molar-refractivity contribution in [1.29, 1.82) is 5.26 Å². The van der Waals surface area contributed by atoms with E-state index in [9.17, 15) is 0 Å². The first kappa shape index (κ1) is 31.0. The van der Waals surface area contributed by atoms with Crippen molar-refractivity contribution in [2.24, 2.45) is 0 Å². The third-order valence-electron chi connectivity index (χ3n) is 1.22. The number of nitriles is 1. The van der Waals surface area contributed by atoms with Gasteiger partial charge in [-0.15, -0.1) is 0 Å². The van der Waals surface area contributed by atoms with Crippen molar-refractivity contribution in [3.8, 4) is 6.07 Å². The summed E-state index contributed by atoms with van der Waals surface area (Å²) in [6.45, 7) is 6.46. The minimum absolute atomic E-state index is 0. The van der Waals surface area contributed by atoms with Crippen molar-refractivity contribution in [1.82, 2.24) is 4.90 Å². The Labute approximate surface area is 128 Å². The van der Waals surface area contributed by atoms with Crippen molar-refractivity contribution in [3.05, 3.63) is 11.4 Å². The molecule has 0 aromatic rings. The molecule has 0 aliphatic carbocycles. The van der Waals surface area contributed by atoms with Gasteiger partial charge in [-0.05, 0) is 25.7 Å². The fraction of sp³-hybridized carbons (Fsp3) is 0.818. The molecule has 0 saturated carbocycles. The molecule has 8 heteroatoms. The molecule has 0 saturated heterocycles. The van der Waals surface area contributed by atoms with Gasteiger partial charge in [0, 0.05) is 0 Å². The molecular weight excluding hydrogens is 291 g/mol. The highest BCUT2D eigenvalue weighted by atomic mass is 35.5. The Morgan fingerprint density at radius 2 is 1.68 bits per heavy atom. The second kappa shape index (κ2) is 22.6. The van der Waals surface area contributed by atoms with E-state index in [1.807, 2.05) is 6.07 Å². The number of quaternary nitrogens is 1. The van der Waals surface area contributed by atoms with Gasteiger partial charge in [0.1, 0.15) is 6.07 Å². The van der Waals surface area contributed by atoms with E-state index in [1.165, 1.54) is 0 Å². The Balaban J connectivity index is -0.0000000524. The molecule has 19 heavy (non-hydrogen) atoms. The zero-order valence-electron chi connectivity index (χ0n) is 11.3. The van der Waals surface area contributed by atoms with Crippen molar-refractivity contribution in [2.75, 3.05) is 54.2 Å². The monoisotopic (exact) mass is 316 g/mol. The molecule has 0 radical (unpaired) electrons. The van der Waals surface area contributed by atoms with Crippen LogP contribution in [0.15, 0.2) is 0 Å². The van der Waals surface area contributed by atoms with Crippen molar-refractivity contribution >= 4 is 11.6 Å². The van der Waals surface area contributed by atoms with Gasteiger partial charge in [-0.25, -0.2) is 6.57 Å². The van der Waals surface area contributed by atoms with Crippen LogP contribution in [-0.4, -0.2) is 73.8 Å². The highest BCUT2D eigenvalue weighted by Crippen LogP contribution is 1.89. The van der Waals surface area contributed by atoms with Crippen LogP contribution >= 0.6 is 11.6 Å². The molecule has 2 N–H and O–H groups in total. The normalized spacial score (nSPS) is 8.11. The van der Waals surface area contributed by atoms with Gasteiger partial charge in [-0.2, -0.15) is 5.26 Å². The highest BCUT2D eigenvalue weighted by Gasteiger charge is 2.09. The highest BCUT2D eigenvalue weighted by molar-refractivity contribution is 6.18. The van der Waals surface area contributed by atoms with Crippen LogP contribution in [0.1, 0.15) is 7.43 Å². The van der Waals surface area contributed by atoms with Crippen LogP contribution in [0.2, 0.25) is 0 Å². The maximum atomic E-state index is 8.55. The lowest BCUT2D eigenvalue weighted by atomic mass is 10.5. The van der Waals surface area contributed by atoms with Crippen LogP contribution in [0.4, 0.5) is 0 Å². The molecule has 0 amide bonds. The second-order valence-corrected chi connectivity index (χ2v) is 4.13. The summed E-state index contributed by atoms with van der Waals surface area (Å²) in [6, 6.07) is 2.05. The summed E-state index contributed by atoms with van der Waals surface area (Å²) in [6.07, 6.45) is 0. The van der Waals surface area contributed by atoms with Gasteiger partial charge >= 0.3 is 0 Å². The largest absolute Gasteiger partial charge is 1.00 e. The standard InChI is InChI=1S/C5H11N2O.C3H9NO.C2H2ClN.CH4.ClH/c1-7(2,5-8)4-3-6;1-4(2)3-5;1-4-2-3;;/h8H,4-5H2,1-2H3;5H,3H2,1-2H3;2H2;1H4;1H/q+1;;;;/p-1. The van der Waals surface area contributed by atoms with E-state index < -0.39 is 0 Å². The van der Waals surface area contributed by atoms with E-state index in [0.29, 0.717) is 11.0 Å². The second-order valence-electron chi connectivity index (χ2n) is 3.89. The van der Waals surface area contributed by atoms with Crippen molar-refractivity contribution in [2.45, 2.75) is 7.43 Å². The average molecular weight is 317 g/mol. The Bertz CT molecular complexity index is 238. The Morgan fingerprint density at radius 3 is 1.74 bits per heavy atom. The summed E-state index contributed by atoms with van der Waals surface area (Å²) in [5, 5.41) is 24.8. The summed E-state index contributed by atoms with van der Waals surface area (Å²) in [5.74, 6) is 0. The summed E-state index contributed by atoms with van der Waals surface area (Å²) in [4.78, 5) is 4.43. The zero-order chi connectivity index (χ0) is 14.3. The van der Waals surface area contributed by atoms with E-state index >= 15 is 0 Å². The lowest BCUT2D eigenvalue weighted by Crippen LogP contribution is -3.00. The molecule has 0 fully saturated rings. The predicted molar refractivity (Wildman–Crippen MR) is 74.5 cm³/mol. The number of nitrogens with zero attached hydrogens (tertiary/aromatic N) is 4. The first-order valence-corrected chi connectivity index (χ1v) is 5.29. The van der Waals surface area contributed by atoms with Gasteiger partial charge in [0.25, 0.3) is 6.00 Å². The fourth-order valence-electron chi connectivity index (χ4n) is 0.241. The van der Waals surface area contributed by atoms with E-state index in [2.05, 4.69) is 4.85 Å². The summed E-state index contributed by atoms with van der Waals surface area (Å²) < 4.78 is 0.358. The van der Waals surface area contributed by atoms with E-state index in [-0.39, 0.29) is 39.3 Å². The maximum absolute atomic E-state index is 8.55. The lowest BCUT2D eigenvalue weighted by molar-refractivity contribution is -0.902. The SMILES string of the molecule is C.CN(C)CO.C[N+](C)(CO)CC#N.[C-]#[N+]CCl.[Cl-]. The number of hydrogen-bond donors (Lipinski definition) is 2. The molecule has 0 bridgehead atoms. The Morgan fingerprint density at radius 1 is 1.37 bits per heavy atom. The number of alkyl halides is 1. The van der Waals surface area contributed by atoms with Gasteiger partial charge in [0.15, 0.2) is 13.3 Å². The van der Waals surface area contributed by atoms with Gasteiger partial charge in [-0.1, -0.05) is 7.43 Å². The molecule has 0 atom stereocenters. The molecule has 0 aliphatic rings. The van der Waals surface area contributed by atoms with Gasteiger partial charge in [-0.3, -0.25) is 14.2 Å².